The Bertz CT molecular complexity index is 1430. The van der Waals surface area contributed by atoms with Crippen LogP contribution in [-0.4, -0.2) is 28.4 Å². The Kier molecular flexibility index (Phi) is 5.99. The third-order valence-electron chi connectivity index (χ3n) is 5.08. The molecule has 166 valence electrons. The highest BCUT2D eigenvalue weighted by Crippen LogP contribution is 2.18. The van der Waals surface area contributed by atoms with E-state index in [1.54, 1.807) is 43.3 Å². The topological polar surface area (TPSA) is 90.3 Å². The van der Waals surface area contributed by atoms with Crippen LogP contribution >= 0.6 is 0 Å². The lowest BCUT2D eigenvalue weighted by Crippen LogP contribution is -2.25. The van der Waals surface area contributed by atoms with Gasteiger partial charge in [-0.25, -0.2) is 9.37 Å². The first-order valence-corrected chi connectivity index (χ1v) is 10.1. The summed E-state index contributed by atoms with van der Waals surface area (Å²) in [6, 6.07) is 15.1. The van der Waals surface area contributed by atoms with Crippen LogP contribution < -0.4 is 15.5 Å². The number of ether oxygens (including phenoxy) is 1. The van der Waals surface area contributed by atoms with Gasteiger partial charge < -0.3 is 14.6 Å². The van der Waals surface area contributed by atoms with Gasteiger partial charge in [-0.05, 0) is 55.5 Å². The molecule has 0 saturated heterocycles. The van der Waals surface area contributed by atoms with E-state index in [9.17, 15) is 18.8 Å². The van der Waals surface area contributed by atoms with Crippen LogP contribution in [0.15, 0.2) is 71.7 Å². The van der Waals surface area contributed by atoms with E-state index in [0.29, 0.717) is 17.1 Å². The van der Waals surface area contributed by atoms with Crippen molar-refractivity contribution in [1.82, 2.24) is 9.55 Å². The van der Waals surface area contributed by atoms with Crippen molar-refractivity contribution in [2.45, 2.75) is 13.5 Å². The number of nitrogens with one attached hydrogen (secondary N) is 1. The van der Waals surface area contributed by atoms with Crippen LogP contribution in [0, 0.1) is 12.7 Å². The number of benzene rings is 2. The van der Waals surface area contributed by atoms with Gasteiger partial charge in [-0.15, -0.1) is 0 Å². The average molecular weight is 445 g/mol. The highest BCUT2D eigenvalue weighted by molar-refractivity contribution is 6.10. The van der Waals surface area contributed by atoms with Crippen molar-refractivity contribution < 1.29 is 18.7 Å². The van der Waals surface area contributed by atoms with Gasteiger partial charge in [0.05, 0.1) is 18.1 Å². The number of methoxy groups -OCH3 is 1. The Morgan fingerprint density at radius 2 is 1.85 bits per heavy atom. The van der Waals surface area contributed by atoms with Crippen molar-refractivity contribution in [2.24, 2.45) is 0 Å². The molecule has 0 aliphatic carbocycles. The highest BCUT2D eigenvalue weighted by atomic mass is 19.1. The van der Waals surface area contributed by atoms with Gasteiger partial charge in [-0.2, -0.15) is 0 Å². The lowest BCUT2D eigenvalue weighted by Gasteiger charge is -2.13. The number of halogens is 1. The zero-order valence-corrected chi connectivity index (χ0v) is 18.0. The molecule has 0 radical (unpaired) electrons. The molecule has 1 N–H and O–H groups in total. The highest BCUT2D eigenvalue weighted by Gasteiger charge is 2.19. The summed E-state index contributed by atoms with van der Waals surface area (Å²) in [5.74, 6) is -0.846. The first-order chi connectivity index (χ1) is 15.9. The number of hydrogen-bond acceptors (Lipinski definition) is 5. The normalized spacial score (nSPS) is 10.8. The number of hydrogen-bond donors (Lipinski definition) is 1. The maximum atomic E-state index is 13.2. The SMILES string of the molecule is COc1cccc(C(=O)c2cn(CC(=O)Nc3ccc(F)cc3)c3nc(C)ccc3c2=O)c1. The molecule has 7 nitrogen and oxygen atoms in total. The van der Waals surface area contributed by atoms with Crippen LogP contribution in [0.1, 0.15) is 21.6 Å². The lowest BCUT2D eigenvalue weighted by atomic mass is 10.0. The maximum absolute atomic E-state index is 13.2. The first-order valence-electron chi connectivity index (χ1n) is 10.1. The minimum Gasteiger partial charge on any atom is -0.497 e. The minimum atomic E-state index is -0.492. The van der Waals surface area contributed by atoms with E-state index in [4.69, 9.17) is 4.74 Å². The number of carbonyl (C=O) groups is 2. The van der Waals surface area contributed by atoms with Crippen molar-refractivity contribution in [2.75, 3.05) is 12.4 Å². The largest absolute Gasteiger partial charge is 0.497 e. The number of anilines is 1. The average Bonchev–Trinajstić information content (AvgIpc) is 2.82. The summed E-state index contributed by atoms with van der Waals surface area (Å²) in [4.78, 5) is 43.4. The quantitative estimate of drug-likeness (QED) is 0.457. The lowest BCUT2D eigenvalue weighted by molar-refractivity contribution is -0.116. The van der Waals surface area contributed by atoms with Crippen LogP contribution in [0.5, 0.6) is 5.75 Å². The molecule has 0 bridgehead atoms. The van der Waals surface area contributed by atoms with E-state index in [1.165, 1.54) is 42.1 Å². The molecule has 0 fully saturated rings. The molecular weight excluding hydrogens is 425 g/mol. The van der Waals surface area contributed by atoms with E-state index in [0.717, 1.165) is 0 Å². The van der Waals surface area contributed by atoms with Gasteiger partial charge in [0.25, 0.3) is 0 Å². The second-order valence-electron chi connectivity index (χ2n) is 7.44. The summed E-state index contributed by atoms with van der Waals surface area (Å²) in [5, 5.41) is 2.90. The zero-order chi connectivity index (χ0) is 23.5. The molecule has 0 saturated carbocycles. The van der Waals surface area contributed by atoms with E-state index in [2.05, 4.69) is 10.3 Å². The van der Waals surface area contributed by atoms with Crippen molar-refractivity contribution in [1.29, 1.82) is 0 Å². The Morgan fingerprint density at radius 1 is 1.09 bits per heavy atom. The Hall–Kier alpha value is -4.33. The Morgan fingerprint density at radius 3 is 2.58 bits per heavy atom. The van der Waals surface area contributed by atoms with Crippen LogP contribution in [0.25, 0.3) is 11.0 Å². The summed E-state index contributed by atoms with van der Waals surface area (Å²) in [6.07, 6.45) is 1.35. The Balaban J connectivity index is 1.76. The number of amides is 1. The third kappa shape index (κ3) is 4.64. The number of aryl methyl sites for hydroxylation is 1. The molecule has 4 rings (SSSR count). The van der Waals surface area contributed by atoms with Crippen LogP contribution in [0.3, 0.4) is 0 Å². The molecule has 2 aromatic carbocycles. The summed E-state index contributed by atoms with van der Waals surface area (Å²) in [5.41, 5.74) is 1.09. The molecule has 0 unspecified atom stereocenters. The molecule has 2 heterocycles. The smallest absolute Gasteiger partial charge is 0.244 e. The van der Waals surface area contributed by atoms with Gasteiger partial charge in [0, 0.05) is 23.1 Å². The maximum Gasteiger partial charge on any atom is 0.244 e. The van der Waals surface area contributed by atoms with Gasteiger partial charge in [0.15, 0.2) is 5.78 Å². The number of ketones is 1. The van der Waals surface area contributed by atoms with Gasteiger partial charge in [0.2, 0.25) is 11.3 Å². The van der Waals surface area contributed by atoms with Gasteiger partial charge >= 0.3 is 0 Å². The fraction of sp³-hybridized carbons (Fsp3) is 0.120. The standard InChI is InChI=1S/C25H20FN3O4/c1-15-6-11-20-24(32)21(23(31)16-4-3-5-19(12-16)33-2)13-29(25(20)27-15)14-22(30)28-18-9-7-17(26)8-10-18/h3-13H,14H2,1-2H3,(H,28,30). The van der Waals surface area contributed by atoms with Crippen molar-refractivity contribution in [3.8, 4) is 5.75 Å². The van der Waals surface area contributed by atoms with Crippen LogP contribution in [0.2, 0.25) is 0 Å². The number of pyridine rings is 2. The predicted molar refractivity (Wildman–Crippen MR) is 122 cm³/mol. The van der Waals surface area contributed by atoms with Gasteiger partial charge in [0.1, 0.15) is 23.8 Å². The first kappa shape index (κ1) is 21.9. The molecule has 0 aliphatic rings. The molecule has 0 spiro atoms. The summed E-state index contributed by atoms with van der Waals surface area (Å²) < 4.78 is 19.8. The molecule has 0 atom stereocenters. The van der Waals surface area contributed by atoms with Gasteiger partial charge in [-0.3, -0.25) is 14.4 Å². The summed E-state index contributed by atoms with van der Waals surface area (Å²) >= 11 is 0. The molecule has 8 heteroatoms. The summed E-state index contributed by atoms with van der Waals surface area (Å²) in [7, 11) is 1.49. The molecule has 33 heavy (non-hydrogen) atoms. The van der Waals surface area contributed by atoms with E-state index in [-0.39, 0.29) is 28.7 Å². The molecular formula is C25H20FN3O4. The van der Waals surface area contributed by atoms with E-state index < -0.39 is 22.9 Å². The van der Waals surface area contributed by atoms with Crippen LogP contribution in [-0.2, 0) is 11.3 Å². The van der Waals surface area contributed by atoms with Gasteiger partial charge in [-0.1, -0.05) is 12.1 Å². The zero-order valence-electron chi connectivity index (χ0n) is 18.0. The second-order valence-corrected chi connectivity index (χ2v) is 7.44. The third-order valence-corrected chi connectivity index (χ3v) is 5.08. The predicted octanol–water partition coefficient (Wildman–Crippen LogP) is 3.72. The molecule has 2 aromatic heterocycles. The molecule has 4 aromatic rings. The fourth-order valence-corrected chi connectivity index (χ4v) is 3.45. The number of aromatic nitrogens is 2. The minimum absolute atomic E-state index is 0.0870. The number of carbonyl (C=O) groups excluding carboxylic acids is 2. The fourth-order valence-electron chi connectivity index (χ4n) is 3.45. The van der Waals surface area contributed by atoms with Crippen molar-refractivity contribution >= 4 is 28.4 Å². The van der Waals surface area contributed by atoms with E-state index >= 15 is 0 Å². The molecule has 1 amide bonds. The monoisotopic (exact) mass is 445 g/mol. The number of rotatable bonds is 6. The summed E-state index contributed by atoms with van der Waals surface area (Å²) in [6.45, 7) is 1.56. The molecule has 0 aliphatic heterocycles. The van der Waals surface area contributed by atoms with Crippen molar-refractivity contribution in [3.05, 3.63) is 99.7 Å². The van der Waals surface area contributed by atoms with Crippen LogP contribution in [0.4, 0.5) is 10.1 Å². The number of nitrogens with zero attached hydrogens (tertiary/aromatic N) is 2. The Labute approximate surface area is 188 Å². The second kappa shape index (κ2) is 9.04. The van der Waals surface area contributed by atoms with Crippen molar-refractivity contribution in [3.63, 3.8) is 0 Å². The van der Waals surface area contributed by atoms with E-state index in [1.807, 2.05) is 0 Å². The number of fused-ring (bicyclic) bond motifs is 1.